The average Bonchev–Trinajstić information content (AvgIpc) is 2.70. The van der Waals surface area contributed by atoms with Crippen molar-refractivity contribution in [3.63, 3.8) is 0 Å². The van der Waals surface area contributed by atoms with Crippen molar-refractivity contribution in [3.8, 4) is 5.75 Å². The van der Waals surface area contributed by atoms with Crippen LogP contribution in [-0.2, 0) is 14.3 Å². The van der Waals surface area contributed by atoms with Gasteiger partial charge in [-0.25, -0.2) is 0 Å². The predicted molar refractivity (Wildman–Crippen MR) is 111 cm³/mol. The van der Waals surface area contributed by atoms with E-state index in [1.807, 2.05) is 0 Å². The number of nitrogens with one attached hydrogen (secondary N) is 1. The van der Waals surface area contributed by atoms with E-state index in [1.165, 1.54) is 19.2 Å². The lowest BCUT2D eigenvalue weighted by molar-refractivity contribution is -0.143. The van der Waals surface area contributed by atoms with E-state index in [2.05, 4.69) is 10.2 Å². The van der Waals surface area contributed by atoms with E-state index in [9.17, 15) is 9.59 Å². The SMILES string of the molecule is CCOC(=O)CCCN1CCC(NC(=O)c2cc(Cl)c(N)cc2OC)C(OC)C1. The molecule has 1 aromatic carbocycles. The number of likely N-dealkylation sites (tertiary alicyclic amines) is 1. The average molecular weight is 428 g/mol. The van der Waals surface area contributed by atoms with Crippen LogP contribution in [0.4, 0.5) is 5.69 Å². The van der Waals surface area contributed by atoms with Crippen LogP contribution < -0.4 is 15.8 Å². The van der Waals surface area contributed by atoms with Gasteiger partial charge in [0.2, 0.25) is 0 Å². The summed E-state index contributed by atoms with van der Waals surface area (Å²) in [5.74, 6) is -0.0876. The predicted octanol–water partition coefficient (Wildman–Crippen LogP) is 2.09. The van der Waals surface area contributed by atoms with Gasteiger partial charge in [0.1, 0.15) is 5.75 Å². The van der Waals surface area contributed by atoms with E-state index >= 15 is 0 Å². The van der Waals surface area contributed by atoms with Gasteiger partial charge in [-0.2, -0.15) is 0 Å². The summed E-state index contributed by atoms with van der Waals surface area (Å²) in [6, 6.07) is 2.91. The third-order valence-electron chi connectivity index (χ3n) is 4.99. The van der Waals surface area contributed by atoms with E-state index in [4.69, 9.17) is 31.5 Å². The molecule has 2 atom stereocenters. The minimum atomic E-state index is -0.286. The number of halogens is 1. The number of esters is 1. The zero-order valence-corrected chi connectivity index (χ0v) is 18.0. The van der Waals surface area contributed by atoms with Crippen molar-refractivity contribution in [3.05, 3.63) is 22.7 Å². The molecule has 1 heterocycles. The van der Waals surface area contributed by atoms with Gasteiger partial charge in [0.05, 0.1) is 42.1 Å². The summed E-state index contributed by atoms with van der Waals surface area (Å²) in [6.45, 7) is 4.45. The number of amides is 1. The van der Waals surface area contributed by atoms with Crippen LogP contribution in [-0.4, -0.2) is 69.4 Å². The van der Waals surface area contributed by atoms with Crippen LogP contribution in [0.1, 0.15) is 36.5 Å². The molecular formula is C20H30ClN3O5. The van der Waals surface area contributed by atoms with Crippen LogP contribution >= 0.6 is 11.6 Å². The monoisotopic (exact) mass is 427 g/mol. The standard InChI is InChI=1S/C20H30ClN3O5/c1-4-29-19(25)6-5-8-24-9-7-16(18(12-24)28-3)23-20(26)13-10-14(21)15(22)11-17(13)27-2/h10-11,16,18H,4-9,12,22H2,1-3H3,(H,23,26). The molecule has 29 heavy (non-hydrogen) atoms. The normalized spacial score (nSPS) is 19.6. The lowest BCUT2D eigenvalue weighted by Gasteiger charge is -2.38. The second-order valence-electron chi connectivity index (χ2n) is 6.93. The van der Waals surface area contributed by atoms with Crippen molar-refractivity contribution in [1.29, 1.82) is 0 Å². The molecule has 3 N–H and O–H groups in total. The number of carbonyl (C=O) groups excluding carboxylic acids is 2. The van der Waals surface area contributed by atoms with Gasteiger partial charge >= 0.3 is 5.97 Å². The number of hydrogen-bond donors (Lipinski definition) is 2. The Kier molecular flexibility index (Phi) is 9.00. The molecule has 0 spiro atoms. The summed E-state index contributed by atoms with van der Waals surface area (Å²) in [6.07, 6.45) is 1.70. The van der Waals surface area contributed by atoms with Gasteiger partial charge in [0.25, 0.3) is 5.91 Å². The number of benzene rings is 1. The zero-order chi connectivity index (χ0) is 21.4. The number of anilines is 1. The highest BCUT2D eigenvalue weighted by molar-refractivity contribution is 6.33. The Morgan fingerprint density at radius 3 is 2.76 bits per heavy atom. The van der Waals surface area contributed by atoms with Gasteiger partial charge < -0.3 is 30.2 Å². The summed E-state index contributed by atoms with van der Waals surface area (Å²) in [5, 5.41) is 3.33. The first-order valence-electron chi connectivity index (χ1n) is 9.74. The molecule has 9 heteroatoms. The number of piperidine rings is 1. The van der Waals surface area contributed by atoms with Crippen LogP contribution in [0.25, 0.3) is 0 Å². The van der Waals surface area contributed by atoms with Crippen LogP contribution in [0.5, 0.6) is 5.75 Å². The maximum Gasteiger partial charge on any atom is 0.305 e. The fourth-order valence-corrected chi connectivity index (χ4v) is 3.59. The number of carbonyl (C=O) groups is 2. The highest BCUT2D eigenvalue weighted by atomic mass is 35.5. The summed E-state index contributed by atoms with van der Waals surface area (Å²) < 4.78 is 15.8. The third kappa shape index (κ3) is 6.48. The summed E-state index contributed by atoms with van der Waals surface area (Å²) in [5.41, 5.74) is 6.47. The zero-order valence-electron chi connectivity index (χ0n) is 17.2. The second kappa shape index (κ2) is 11.2. The van der Waals surface area contributed by atoms with Gasteiger partial charge in [0, 0.05) is 32.7 Å². The van der Waals surface area contributed by atoms with E-state index in [-0.39, 0.29) is 24.0 Å². The first-order chi connectivity index (χ1) is 13.9. The molecule has 2 rings (SSSR count). The molecule has 0 aromatic heterocycles. The number of methoxy groups -OCH3 is 2. The molecule has 1 aliphatic heterocycles. The maximum absolute atomic E-state index is 12.8. The quantitative estimate of drug-likeness (QED) is 0.459. The molecule has 0 bridgehead atoms. The van der Waals surface area contributed by atoms with Crippen molar-refractivity contribution in [1.82, 2.24) is 10.2 Å². The van der Waals surface area contributed by atoms with Gasteiger partial charge in [-0.1, -0.05) is 11.6 Å². The van der Waals surface area contributed by atoms with Crippen LogP contribution in [0.3, 0.4) is 0 Å². The Balaban J connectivity index is 1.93. The summed E-state index contributed by atoms with van der Waals surface area (Å²) in [7, 11) is 3.11. The number of ether oxygens (including phenoxy) is 3. The minimum Gasteiger partial charge on any atom is -0.496 e. The lowest BCUT2D eigenvalue weighted by Crippen LogP contribution is -2.54. The van der Waals surface area contributed by atoms with Crippen LogP contribution in [0.15, 0.2) is 12.1 Å². The van der Waals surface area contributed by atoms with Crippen molar-refractivity contribution in [2.45, 2.75) is 38.3 Å². The van der Waals surface area contributed by atoms with Crippen molar-refractivity contribution in [2.24, 2.45) is 0 Å². The van der Waals surface area contributed by atoms with Crippen molar-refractivity contribution < 1.29 is 23.8 Å². The molecule has 1 saturated heterocycles. The molecule has 0 aliphatic carbocycles. The number of nitrogen functional groups attached to an aromatic ring is 1. The molecule has 1 aliphatic rings. The largest absolute Gasteiger partial charge is 0.496 e. The molecular weight excluding hydrogens is 398 g/mol. The number of hydrogen-bond acceptors (Lipinski definition) is 7. The first kappa shape index (κ1) is 23.3. The van der Waals surface area contributed by atoms with Gasteiger partial charge in [-0.3, -0.25) is 9.59 Å². The fraction of sp³-hybridized carbons (Fsp3) is 0.600. The Morgan fingerprint density at radius 2 is 2.10 bits per heavy atom. The minimum absolute atomic E-state index is 0.144. The highest BCUT2D eigenvalue weighted by Gasteiger charge is 2.31. The Hall–Kier alpha value is -2.03. The van der Waals surface area contributed by atoms with Crippen molar-refractivity contribution in [2.75, 3.05) is 46.2 Å². The second-order valence-corrected chi connectivity index (χ2v) is 7.33. The molecule has 1 fully saturated rings. The summed E-state index contributed by atoms with van der Waals surface area (Å²) in [4.78, 5) is 26.5. The molecule has 0 saturated carbocycles. The van der Waals surface area contributed by atoms with E-state index in [1.54, 1.807) is 14.0 Å². The smallest absolute Gasteiger partial charge is 0.305 e. The molecule has 1 aromatic rings. The Morgan fingerprint density at radius 1 is 1.34 bits per heavy atom. The molecule has 0 radical (unpaired) electrons. The van der Waals surface area contributed by atoms with E-state index in [0.717, 1.165) is 25.9 Å². The van der Waals surface area contributed by atoms with Gasteiger partial charge in [0.15, 0.2) is 0 Å². The molecule has 1 amide bonds. The number of nitrogens with two attached hydrogens (primary N) is 1. The van der Waals surface area contributed by atoms with Gasteiger partial charge in [-0.05, 0) is 32.4 Å². The molecule has 2 unspecified atom stereocenters. The summed E-state index contributed by atoms with van der Waals surface area (Å²) >= 11 is 6.07. The van der Waals surface area contributed by atoms with Crippen molar-refractivity contribution >= 4 is 29.2 Å². The Labute approximate surface area is 176 Å². The van der Waals surface area contributed by atoms with Crippen LogP contribution in [0, 0.1) is 0 Å². The maximum atomic E-state index is 12.8. The highest BCUT2D eigenvalue weighted by Crippen LogP contribution is 2.29. The Bertz CT molecular complexity index is 716. The van der Waals surface area contributed by atoms with Crippen LogP contribution in [0.2, 0.25) is 5.02 Å². The molecule has 8 nitrogen and oxygen atoms in total. The fourth-order valence-electron chi connectivity index (χ4n) is 3.43. The van der Waals surface area contributed by atoms with E-state index < -0.39 is 0 Å². The molecule has 162 valence electrons. The lowest BCUT2D eigenvalue weighted by atomic mass is 10.0. The number of nitrogens with zero attached hydrogens (tertiary/aromatic N) is 1. The number of rotatable bonds is 9. The van der Waals surface area contributed by atoms with E-state index in [0.29, 0.717) is 41.6 Å². The first-order valence-corrected chi connectivity index (χ1v) is 10.1. The van der Waals surface area contributed by atoms with Gasteiger partial charge in [-0.15, -0.1) is 0 Å². The topological polar surface area (TPSA) is 103 Å². The third-order valence-corrected chi connectivity index (χ3v) is 5.31.